The smallest absolute Gasteiger partial charge is 0.255 e. The number of anilines is 1. The molecule has 0 bridgehead atoms. The van der Waals surface area contributed by atoms with Gasteiger partial charge >= 0.3 is 0 Å². The van der Waals surface area contributed by atoms with Gasteiger partial charge in [-0.25, -0.2) is 4.98 Å². The molecular formula is C22H19N3O5. The summed E-state index contributed by atoms with van der Waals surface area (Å²) in [4.78, 5) is 21.3. The molecule has 0 unspecified atom stereocenters. The number of pyridine rings is 1. The van der Waals surface area contributed by atoms with Gasteiger partial charge in [0.1, 0.15) is 0 Å². The number of nitrogens with zero attached hydrogens (tertiary/aromatic N) is 2. The molecule has 0 aliphatic heterocycles. The van der Waals surface area contributed by atoms with E-state index in [4.69, 9.17) is 18.6 Å². The second-order valence-corrected chi connectivity index (χ2v) is 6.29. The van der Waals surface area contributed by atoms with Crippen LogP contribution in [0.1, 0.15) is 10.4 Å². The number of fused-ring (bicyclic) bond motifs is 1. The number of hydrogen-bond donors (Lipinski definition) is 1. The van der Waals surface area contributed by atoms with Gasteiger partial charge in [0.2, 0.25) is 11.6 Å². The molecule has 2 heterocycles. The van der Waals surface area contributed by atoms with Crippen LogP contribution < -0.4 is 19.5 Å². The summed E-state index contributed by atoms with van der Waals surface area (Å²) in [7, 11) is 4.51. The Hall–Kier alpha value is -4.07. The topological polar surface area (TPSA) is 95.7 Å². The van der Waals surface area contributed by atoms with E-state index >= 15 is 0 Å². The van der Waals surface area contributed by atoms with Crippen molar-refractivity contribution < 1.29 is 23.4 Å². The second kappa shape index (κ2) is 8.12. The third kappa shape index (κ3) is 3.62. The van der Waals surface area contributed by atoms with Crippen molar-refractivity contribution in [1.82, 2.24) is 9.97 Å². The fourth-order valence-corrected chi connectivity index (χ4v) is 3.00. The Morgan fingerprint density at radius 3 is 2.27 bits per heavy atom. The highest BCUT2D eigenvalue weighted by atomic mass is 16.5. The maximum atomic E-state index is 12.7. The number of carbonyl (C=O) groups excluding carboxylic acids is 1. The molecule has 4 aromatic rings. The molecule has 1 amide bonds. The minimum atomic E-state index is -0.312. The van der Waals surface area contributed by atoms with Crippen LogP contribution in [-0.4, -0.2) is 37.2 Å². The largest absolute Gasteiger partial charge is 0.493 e. The summed E-state index contributed by atoms with van der Waals surface area (Å²) in [5.41, 5.74) is 2.93. The monoisotopic (exact) mass is 405 g/mol. The number of amides is 1. The van der Waals surface area contributed by atoms with Crippen molar-refractivity contribution >= 4 is 22.8 Å². The van der Waals surface area contributed by atoms with Gasteiger partial charge in [-0.05, 0) is 48.5 Å². The van der Waals surface area contributed by atoms with Crippen LogP contribution >= 0.6 is 0 Å². The molecule has 0 fully saturated rings. The van der Waals surface area contributed by atoms with Crippen LogP contribution in [0.15, 0.2) is 59.1 Å². The molecule has 0 saturated heterocycles. The van der Waals surface area contributed by atoms with Gasteiger partial charge in [0, 0.05) is 23.0 Å². The Bertz CT molecular complexity index is 1140. The van der Waals surface area contributed by atoms with E-state index in [0.29, 0.717) is 45.6 Å². The van der Waals surface area contributed by atoms with Crippen LogP contribution in [0.3, 0.4) is 0 Å². The first-order valence-corrected chi connectivity index (χ1v) is 9.06. The summed E-state index contributed by atoms with van der Waals surface area (Å²) >= 11 is 0. The molecule has 4 rings (SSSR count). The summed E-state index contributed by atoms with van der Waals surface area (Å²) in [5, 5.41) is 2.85. The maximum absolute atomic E-state index is 12.7. The summed E-state index contributed by atoms with van der Waals surface area (Å²) in [5.74, 6) is 1.39. The van der Waals surface area contributed by atoms with Crippen molar-refractivity contribution in [2.24, 2.45) is 0 Å². The van der Waals surface area contributed by atoms with Gasteiger partial charge < -0.3 is 23.9 Å². The number of hydrogen-bond acceptors (Lipinski definition) is 7. The molecule has 2 aromatic heterocycles. The lowest BCUT2D eigenvalue weighted by atomic mass is 10.1. The van der Waals surface area contributed by atoms with Gasteiger partial charge in [0.25, 0.3) is 5.91 Å². The molecule has 0 aliphatic rings. The lowest BCUT2D eigenvalue weighted by Crippen LogP contribution is -2.12. The van der Waals surface area contributed by atoms with Crippen molar-refractivity contribution in [3.05, 3.63) is 60.3 Å². The number of nitrogens with one attached hydrogen (secondary N) is 1. The number of benzene rings is 2. The molecular weight excluding hydrogens is 386 g/mol. The Balaban J connectivity index is 1.55. The highest BCUT2D eigenvalue weighted by molar-refractivity contribution is 6.05. The van der Waals surface area contributed by atoms with E-state index in [1.165, 1.54) is 21.3 Å². The van der Waals surface area contributed by atoms with E-state index in [9.17, 15) is 4.79 Å². The molecule has 30 heavy (non-hydrogen) atoms. The predicted octanol–water partition coefficient (Wildman–Crippen LogP) is 4.17. The van der Waals surface area contributed by atoms with E-state index in [0.717, 1.165) is 5.56 Å². The molecule has 0 atom stereocenters. The second-order valence-electron chi connectivity index (χ2n) is 6.29. The molecule has 152 valence electrons. The number of rotatable bonds is 6. The van der Waals surface area contributed by atoms with Crippen molar-refractivity contribution in [2.75, 3.05) is 26.6 Å². The zero-order chi connectivity index (χ0) is 21.1. The van der Waals surface area contributed by atoms with Gasteiger partial charge in [0.05, 0.1) is 21.3 Å². The molecule has 1 N–H and O–H groups in total. The standard InChI is InChI=1S/C22H19N3O5/c1-27-17-11-14(12-18(28-2)19(17)29-3)21(26)24-15-8-6-13(7-9-15)22-25-20-16(30-22)5-4-10-23-20/h4-12H,1-3H3,(H,24,26). The van der Waals surface area contributed by atoms with Crippen LogP contribution in [-0.2, 0) is 0 Å². The first-order chi connectivity index (χ1) is 14.6. The fourth-order valence-electron chi connectivity index (χ4n) is 3.00. The van der Waals surface area contributed by atoms with Crippen LogP contribution in [0.2, 0.25) is 0 Å². The highest BCUT2D eigenvalue weighted by Gasteiger charge is 2.17. The molecule has 8 heteroatoms. The summed E-state index contributed by atoms with van der Waals surface area (Å²) < 4.78 is 21.6. The SMILES string of the molecule is COc1cc(C(=O)Nc2ccc(-c3nc4ncccc4o3)cc2)cc(OC)c1OC. The zero-order valence-corrected chi connectivity index (χ0v) is 16.6. The number of oxazole rings is 1. The van der Waals surface area contributed by atoms with Gasteiger partial charge in [-0.2, -0.15) is 4.98 Å². The van der Waals surface area contributed by atoms with E-state index in [2.05, 4.69) is 15.3 Å². The molecule has 0 aliphatic carbocycles. The molecule has 0 radical (unpaired) electrons. The van der Waals surface area contributed by atoms with Gasteiger partial charge in [-0.1, -0.05) is 0 Å². The minimum Gasteiger partial charge on any atom is -0.493 e. The summed E-state index contributed by atoms with van der Waals surface area (Å²) in [6.45, 7) is 0. The zero-order valence-electron chi connectivity index (χ0n) is 16.6. The highest BCUT2D eigenvalue weighted by Crippen LogP contribution is 2.38. The fraction of sp³-hybridized carbons (Fsp3) is 0.136. The van der Waals surface area contributed by atoms with E-state index < -0.39 is 0 Å². The normalized spacial score (nSPS) is 10.6. The Morgan fingerprint density at radius 2 is 1.67 bits per heavy atom. The summed E-state index contributed by atoms with van der Waals surface area (Å²) in [6, 6.07) is 14.0. The third-order valence-electron chi connectivity index (χ3n) is 4.48. The Kier molecular flexibility index (Phi) is 5.21. The average molecular weight is 405 g/mol. The maximum Gasteiger partial charge on any atom is 0.255 e. The number of methoxy groups -OCH3 is 3. The van der Waals surface area contributed by atoms with Crippen molar-refractivity contribution in [3.8, 4) is 28.7 Å². The number of carbonyl (C=O) groups is 1. The van der Waals surface area contributed by atoms with Crippen LogP contribution in [0.5, 0.6) is 17.2 Å². The van der Waals surface area contributed by atoms with Gasteiger partial charge in [0.15, 0.2) is 22.7 Å². The number of aromatic nitrogens is 2. The van der Waals surface area contributed by atoms with Gasteiger partial charge in [-0.3, -0.25) is 4.79 Å². The van der Waals surface area contributed by atoms with Crippen molar-refractivity contribution in [1.29, 1.82) is 0 Å². The van der Waals surface area contributed by atoms with Crippen LogP contribution in [0, 0.1) is 0 Å². The van der Waals surface area contributed by atoms with Crippen LogP contribution in [0.4, 0.5) is 5.69 Å². The molecule has 0 saturated carbocycles. The van der Waals surface area contributed by atoms with E-state index in [1.807, 2.05) is 18.2 Å². The first-order valence-electron chi connectivity index (χ1n) is 9.06. The van der Waals surface area contributed by atoms with E-state index in [-0.39, 0.29) is 5.91 Å². The molecule has 0 spiro atoms. The first kappa shape index (κ1) is 19.3. The van der Waals surface area contributed by atoms with Crippen molar-refractivity contribution in [2.45, 2.75) is 0 Å². The minimum absolute atomic E-state index is 0.312. The Labute approximate surface area is 172 Å². The van der Waals surface area contributed by atoms with E-state index in [1.54, 1.807) is 36.5 Å². The lowest BCUT2D eigenvalue weighted by Gasteiger charge is -2.14. The summed E-state index contributed by atoms with van der Waals surface area (Å²) in [6.07, 6.45) is 1.66. The Morgan fingerprint density at radius 1 is 0.967 bits per heavy atom. The average Bonchev–Trinajstić information content (AvgIpc) is 3.22. The third-order valence-corrected chi connectivity index (χ3v) is 4.48. The number of ether oxygens (including phenoxy) is 3. The predicted molar refractivity (Wildman–Crippen MR) is 111 cm³/mol. The van der Waals surface area contributed by atoms with Crippen molar-refractivity contribution in [3.63, 3.8) is 0 Å². The van der Waals surface area contributed by atoms with Gasteiger partial charge in [-0.15, -0.1) is 0 Å². The lowest BCUT2D eigenvalue weighted by molar-refractivity contribution is 0.102. The molecule has 2 aromatic carbocycles. The quantitative estimate of drug-likeness (QED) is 0.514. The molecule has 8 nitrogen and oxygen atoms in total. The van der Waals surface area contributed by atoms with Crippen LogP contribution in [0.25, 0.3) is 22.7 Å².